The van der Waals surface area contributed by atoms with Gasteiger partial charge in [-0.25, -0.2) is 4.79 Å². The second kappa shape index (κ2) is 4.14. The number of aromatic nitrogens is 3. The topological polar surface area (TPSA) is 68.0 Å². The minimum Gasteiger partial charge on any atom is -0.477 e. The molecule has 2 heterocycles. The standard InChI is InChI=1S/C11H11N3O2/c1-8-6-10(11(15)16)14(13-8)7-9-2-4-12-5-3-9/h2-6H,7H2,1H3,(H,15,16). The van der Waals surface area contributed by atoms with Gasteiger partial charge in [-0.1, -0.05) is 0 Å². The van der Waals surface area contributed by atoms with Crippen LogP contribution in [0.25, 0.3) is 0 Å². The Morgan fingerprint density at radius 1 is 1.44 bits per heavy atom. The first-order valence-corrected chi connectivity index (χ1v) is 4.83. The Morgan fingerprint density at radius 2 is 2.12 bits per heavy atom. The first kappa shape index (κ1) is 10.4. The highest BCUT2D eigenvalue weighted by atomic mass is 16.4. The SMILES string of the molecule is Cc1cc(C(=O)O)n(Cc2ccncc2)n1. The molecule has 2 aromatic rings. The molecule has 0 amide bonds. The van der Waals surface area contributed by atoms with Crippen LogP contribution in [0.2, 0.25) is 0 Å². The number of carbonyl (C=O) groups is 1. The number of aromatic carboxylic acids is 1. The zero-order chi connectivity index (χ0) is 11.5. The number of hydrogen-bond donors (Lipinski definition) is 1. The van der Waals surface area contributed by atoms with Gasteiger partial charge in [-0.15, -0.1) is 0 Å². The zero-order valence-corrected chi connectivity index (χ0v) is 8.79. The summed E-state index contributed by atoms with van der Waals surface area (Å²) >= 11 is 0. The molecule has 0 saturated carbocycles. The predicted octanol–water partition coefficient (Wildman–Crippen LogP) is 1.33. The van der Waals surface area contributed by atoms with Crippen molar-refractivity contribution in [1.29, 1.82) is 0 Å². The average molecular weight is 217 g/mol. The summed E-state index contributed by atoms with van der Waals surface area (Å²) < 4.78 is 1.48. The molecule has 82 valence electrons. The fourth-order valence-corrected chi connectivity index (χ4v) is 1.50. The molecule has 16 heavy (non-hydrogen) atoms. The molecule has 5 heteroatoms. The summed E-state index contributed by atoms with van der Waals surface area (Å²) in [6.07, 6.45) is 3.35. The van der Waals surface area contributed by atoms with Gasteiger partial charge in [0.15, 0.2) is 0 Å². The number of rotatable bonds is 3. The first-order chi connectivity index (χ1) is 7.66. The van der Waals surface area contributed by atoms with Crippen LogP contribution in [-0.4, -0.2) is 25.8 Å². The third-order valence-electron chi connectivity index (χ3n) is 2.20. The smallest absolute Gasteiger partial charge is 0.354 e. The molecule has 1 N–H and O–H groups in total. The van der Waals surface area contributed by atoms with E-state index in [0.29, 0.717) is 12.2 Å². The lowest BCUT2D eigenvalue weighted by atomic mass is 10.2. The number of carboxylic acid groups (broad SMARTS) is 1. The van der Waals surface area contributed by atoms with E-state index in [4.69, 9.17) is 5.11 Å². The minimum absolute atomic E-state index is 0.203. The van der Waals surface area contributed by atoms with Gasteiger partial charge in [0.2, 0.25) is 0 Å². The second-order valence-corrected chi connectivity index (χ2v) is 3.49. The Balaban J connectivity index is 2.31. The molecule has 0 unspecified atom stereocenters. The fourth-order valence-electron chi connectivity index (χ4n) is 1.50. The van der Waals surface area contributed by atoms with Crippen LogP contribution in [0.3, 0.4) is 0 Å². The van der Waals surface area contributed by atoms with Crippen LogP contribution in [0.1, 0.15) is 21.7 Å². The molecule has 0 radical (unpaired) electrons. The van der Waals surface area contributed by atoms with Gasteiger partial charge in [0.1, 0.15) is 5.69 Å². The quantitative estimate of drug-likeness (QED) is 0.842. The molecule has 0 aromatic carbocycles. The third-order valence-corrected chi connectivity index (χ3v) is 2.20. The Kier molecular flexibility index (Phi) is 2.68. The molecule has 0 aliphatic carbocycles. The summed E-state index contributed by atoms with van der Waals surface area (Å²) in [6.45, 7) is 2.22. The monoisotopic (exact) mass is 217 g/mol. The molecule has 0 spiro atoms. The van der Waals surface area contributed by atoms with Crippen molar-refractivity contribution in [3.63, 3.8) is 0 Å². The highest BCUT2D eigenvalue weighted by Gasteiger charge is 2.12. The zero-order valence-electron chi connectivity index (χ0n) is 8.79. The number of pyridine rings is 1. The molecule has 0 aliphatic heterocycles. The lowest BCUT2D eigenvalue weighted by Crippen LogP contribution is -2.10. The van der Waals surface area contributed by atoms with Crippen LogP contribution in [0, 0.1) is 6.92 Å². The lowest BCUT2D eigenvalue weighted by molar-refractivity contribution is 0.0684. The van der Waals surface area contributed by atoms with E-state index in [1.807, 2.05) is 12.1 Å². The number of hydrogen-bond acceptors (Lipinski definition) is 3. The van der Waals surface area contributed by atoms with Crippen LogP contribution in [-0.2, 0) is 6.54 Å². The normalized spacial score (nSPS) is 10.3. The number of aryl methyl sites for hydroxylation is 1. The van der Waals surface area contributed by atoms with Crippen molar-refractivity contribution in [2.75, 3.05) is 0 Å². The van der Waals surface area contributed by atoms with E-state index in [2.05, 4.69) is 10.1 Å². The molecule has 0 bridgehead atoms. The van der Waals surface area contributed by atoms with Crippen molar-refractivity contribution < 1.29 is 9.90 Å². The molecule has 2 rings (SSSR count). The minimum atomic E-state index is -0.963. The van der Waals surface area contributed by atoms with Gasteiger partial charge in [0.25, 0.3) is 0 Å². The lowest BCUT2D eigenvalue weighted by Gasteiger charge is -2.03. The van der Waals surface area contributed by atoms with E-state index < -0.39 is 5.97 Å². The maximum atomic E-state index is 11.0. The summed E-state index contributed by atoms with van der Waals surface area (Å²) in [5.74, 6) is -0.963. The summed E-state index contributed by atoms with van der Waals surface area (Å²) in [4.78, 5) is 14.9. The third kappa shape index (κ3) is 2.08. The van der Waals surface area contributed by atoms with Crippen molar-refractivity contribution in [1.82, 2.24) is 14.8 Å². The van der Waals surface area contributed by atoms with Crippen LogP contribution in [0.4, 0.5) is 0 Å². The summed E-state index contributed by atoms with van der Waals surface area (Å²) in [5, 5.41) is 13.1. The predicted molar refractivity (Wildman–Crippen MR) is 57.3 cm³/mol. The van der Waals surface area contributed by atoms with E-state index in [-0.39, 0.29) is 5.69 Å². The van der Waals surface area contributed by atoms with E-state index >= 15 is 0 Å². The molecule has 0 fully saturated rings. The van der Waals surface area contributed by atoms with Crippen molar-refractivity contribution >= 4 is 5.97 Å². The number of nitrogens with zero attached hydrogens (tertiary/aromatic N) is 3. The van der Waals surface area contributed by atoms with Gasteiger partial charge in [-0.05, 0) is 30.7 Å². The Labute approximate surface area is 92.4 Å². The van der Waals surface area contributed by atoms with Crippen LogP contribution in [0.15, 0.2) is 30.6 Å². The van der Waals surface area contributed by atoms with Crippen molar-refractivity contribution in [3.8, 4) is 0 Å². The van der Waals surface area contributed by atoms with E-state index in [1.54, 1.807) is 25.4 Å². The highest BCUT2D eigenvalue weighted by molar-refractivity contribution is 5.85. The molecular weight excluding hydrogens is 206 g/mol. The number of carboxylic acids is 1. The molecule has 0 aliphatic rings. The molecule has 0 atom stereocenters. The van der Waals surface area contributed by atoms with Gasteiger partial charge in [-0.3, -0.25) is 9.67 Å². The van der Waals surface area contributed by atoms with Gasteiger partial charge in [0, 0.05) is 12.4 Å². The highest BCUT2D eigenvalue weighted by Crippen LogP contribution is 2.07. The Bertz CT molecular complexity index is 505. The molecule has 0 saturated heterocycles. The summed E-state index contributed by atoms with van der Waals surface area (Å²) in [7, 11) is 0. The van der Waals surface area contributed by atoms with Crippen LogP contribution >= 0.6 is 0 Å². The largest absolute Gasteiger partial charge is 0.477 e. The van der Waals surface area contributed by atoms with Crippen molar-refractivity contribution in [2.45, 2.75) is 13.5 Å². The van der Waals surface area contributed by atoms with Gasteiger partial charge >= 0.3 is 5.97 Å². The summed E-state index contributed by atoms with van der Waals surface area (Å²) in [6, 6.07) is 5.23. The fraction of sp³-hybridized carbons (Fsp3) is 0.182. The Hall–Kier alpha value is -2.17. The van der Waals surface area contributed by atoms with Gasteiger partial charge < -0.3 is 5.11 Å². The van der Waals surface area contributed by atoms with Gasteiger partial charge in [0.05, 0.1) is 12.2 Å². The van der Waals surface area contributed by atoms with E-state index in [0.717, 1.165) is 5.56 Å². The molecule has 2 aromatic heterocycles. The van der Waals surface area contributed by atoms with E-state index in [9.17, 15) is 4.79 Å². The Morgan fingerprint density at radius 3 is 2.75 bits per heavy atom. The second-order valence-electron chi connectivity index (χ2n) is 3.49. The summed E-state index contributed by atoms with van der Waals surface area (Å²) in [5.41, 5.74) is 1.88. The average Bonchev–Trinajstić information content (AvgIpc) is 2.61. The van der Waals surface area contributed by atoms with Crippen molar-refractivity contribution in [3.05, 3.63) is 47.5 Å². The van der Waals surface area contributed by atoms with Crippen molar-refractivity contribution in [2.24, 2.45) is 0 Å². The van der Waals surface area contributed by atoms with Gasteiger partial charge in [-0.2, -0.15) is 5.10 Å². The first-order valence-electron chi connectivity index (χ1n) is 4.83. The maximum Gasteiger partial charge on any atom is 0.354 e. The molecular formula is C11H11N3O2. The van der Waals surface area contributed by atoms with E-state index in [1.165, 1.54) is 4.68 Å². The van der Waals surface area contributed by atoms with Crippen LogP contribution < -0.4 is 0 Å². The maximum absolute atomic E-state index is 11.0. The van der Waals surface area contributed by atoms with Crippen LogP contribution in [0.5, 0.6) is 0 Å². The molecule has 5 nitrogen and oxygen atoms in total.